The minimum atomic E-state index is -4.12. The molecule has 146 valence electrons. The average molecular weight is 409 g/mol. The lowest BCUT2D eigenvalue weighted by molar-refractivity contribution is -0.138. The van der Waals surface area contributed by atoms with E-state index in [-0.39, 0.29) is 37.3 Å². The Hall–Kier alpha value is -1.01. The minimum absolute atomic E-state index is 0. The molecule has 2 nitrogen and oxygen atoms in total. The van der Waals surface area contributed by atoms with Crippen LogP contribution in [0.5, 0.6) is 0 Å². The number of piperazine rings is 1. The van der Waals surface area contributed by atoms with Gasteiger partial charge in [-0.1, -0.05) is 36.4 Å². The third-order valence-corrected chi connectivity index (χ3v) is 4.83. The van der Waals surface area contributed by atoms with Gasteiger partial charge in [0, 0.05) is 38.6 Å². The summed E-state index contributed by atoms with van der Waals surface area (Å²) in [4.78, 5) is 2.19. The van der Waals surface area contributed by atoms with Crippen molar-refractivity contribution in [1.82, 2.24) is 10.2 Å². The van der Waals surface area contributed by atoms with Crippen molar-refractivity contribution >= 4 is 35.6 Å². The zero-order valence-electron chi connectivity index (χ0n) is 14.7. The molecule has 0 radical (unpaired) electrons. The Morgan fingerprint density at radius 1 is 1.00 bits per heavy atom. The molecule has 1 N–H and O–H groups in total. The summed E-state index contributed by atoms with van der Waals surface area (Å²) in [6.07, 6.45) is -4.76. The Bertz CT molecular complexity index is 701. The molecular formula is C19H25Cl2F3N2. The lowest BCUT2D eigenvalue weighted by Gasteiger charge is -2.36. The molecule has 0 aliphatic carbocycles. The summed E-state index contributed by atoms with van der Waals surface area (Å²) in [5, 5.41) is 5.48. The number of hydrogen-bond donors (Lipinski definition) is 1. The van der Waals surface area contributed by atoms with E-state index in [0.717, 1.165) is 48.1 Å². The molecule has 0 spiro atoms. The molecule has 0 aromatic heterocycles. The van der Waals surface area contributed by atoms with E-state index in [0.29, 0.717) is 0 Å². The monoisotopic (exact) mass is 408 g/mol. The van der Waals surface area contributed by atoms with Crippen LogP contribution < -0.4 is 5.32 Å². The fraction of sp³-hybridized carbons (Fsp3) is 0.474. The number of aryl methyl sites for hydroxylation is 1. The first-order chi connectivity index (χ1) is 11.5. The Labute approximate surface area is 165 Å². The summed E-state index contributed by atoms with van der Waals surface area (Å²) in [6, 6.07) is 11.9. The highest BCUT2D eigenvalue weighted by molar-refractivity contribution is 5.89. The summed E-state index contributed by atoms with van der Waals surface area (Å²) in [5.74, 6) is 0. The number of benzene rings is 2. The Morgan fingerprint density at radius 2 is 1.62 bits per heavy atom. The van der Waals surface area contributed by atoms with Gasteiger partial charge in [0.1, 0.15) is 0 Å². The second kappa shape index (κ2) is 9.79. The number of fused-ring (bicyclic) bond motifs is 1. The van der Waals surface area contributed by atoms with Gasteiger partial charge in [-0.15, -0.1) is 24.8 Å². The standard InChI is InChI=1S/C19H23F3N2.2ClH/c1-14-6-7-17(16-5-3-2-4-15(14)16)18(8-9-19(20,21)22)24-12-10-23-11-13-24;;/h2-7,18,23H,8-13H2,1H3;2*1H/t18-;;/m1../s1. The quantitative estimate of drug-likeness (QED) is 0.739. The van der Waals surface area contributed by atoms with Crippen LogP contribution in [0.2, 0.25) is 0 Å². The van der Waals surface area contributed by atoms with Crippen LogP contribution in [0, 0.1) is 6.92 Å². The van der Waals surface area contributed by atoms with Gasteiger partial charge in [0.25, 0.3) is 0 Å². The van der Waals surface area contributed by atoms with Crippen LogP contribution in [0.4, 0.5) is 13.2 Å². The molecule has 0 unspecified atom stereocenters. The van der Waals surface area contributed by atoms with Gasteiger partial charge in [-0.25, -0.2) is 0 Å². The lowest BCUT2D eigenvalue weighted by atomic mass is 9.92. The second-order valence-corrected chi connectivity index (χ2v) is 6.47. The largest absolute Gasteiger partial charge is 0.389 e. The molecule has 1 saturated heterocycles. The van der Waals surface area contributed by atoms with Crippen LogP contribution in [0.1, 0.15) is 30.0 Å². The normalized spacial score (nSPS) is 16.6. The van der Waals surface area contributed by atoms with E-state index in [1.807, 2.05) is 43.3 Å². The van der Waals surface area contributed by atoms with E-state index >= 15 is 0 Å². The zero-order chi connectivity index (χ0) is 17.2. The highest BCUT2D eigenvalue weighted by Gasteiger charge is 2.31. The van der Waals surface area contributed by atoms with E-state index in [4.69, 9.17) is 0 Å². The van der Waals surface area contributed by atoms with Crippen LogP contribution in [-0.4, -0.2) is 37.3 Å². The van der Waals surface area contributed by atoms with Crippen molar-refractivity contribution in [1.29, 1.82) is 0 Å². The summed E-state index contributed by atoms with van der Waals surface area (Å²) in [6.45, 7) is 5.26. The number of nitrogens with one attached hydrogen (secondary N) is 1. The second-order valence-electron chi connectivity index (χ2n) is 6.47. The van der Waals surface area contributed by atoms with Crippen LogP contribution in [0.25, 0.3) is 10.8 Å². The summed E-state index contributed by atoms with van der Waals surface area (Å²) >= 11 is 0. The predicted octanol–water partition coefficient (Wildman–Crippen LogP) is 5.28. The summed E-state index contributed by atoms with van der Waals surface area (Å²) in [7, 11) is 0. The molecule has 1 fully saturated rings. The first kappa shape index (κ1) is 23.0. The minimum Gasteiger partial charge on any atom is -0.314 e. The van der Waals surface area contributed by atoms with Crippen molar-refractivity contribution in [2.75, 3.05) is 26.2 Å². The van der Waals surface area contributed by atoms with E-state index in [1.54, 1.807) is 0 Å². The predicted molar refractivity (Wildman–Crippen MR) is 106 cm³/mol. The van der Waals surface area contributed by atoms with E-state index in [9.17, 15) is 13.2 Å². The maximum absolute atomic E-state index is 12.8. The Kier molecular flexibility index (Phi) is 8.67. The van der Waals surface area contributed by atoms with Crippen molar-refractivity contribution in [3.63, 3.8) is 0 Å². The number of nitrogens with zero attached hydrogens (tertiary/aromatic N) is 1. The SMILES string of the molecule is Cc1ccc([C@@H](CCC(F)(F)F)N2CCNCC2)c2ccccc12.Cl.Cl. The maximum atomic E-state index is 12.8. The molecule has 2 aromatic rings. The molecule has 7 heteroatoms. The third kappa shape index (κ3) is 5.49. The maximum Gasteiger partial charge on any atom is 0.389 e. The highest BCUT2D eigenvalue weighted by Crippen LogP contribution is 2.36. The number of rotatable bonds is 4. The Morgan fingerprint density at radius 3 is 2.23 bits per heavy atom. The van der Waals surface area contributed by atoms with Gasteiger partial charge >= 0.3 is 6.18 Å². The highest BCUT2D eigenvalue weighted by atomic mass is 35.5. The van der Waals surface area contributed by atoms with Gasteiger partial charge < -0.3 is 5.32 Å². The van der Waals surface area contributed by atoms with Gasteiger partial charge in [0.05, 0.1) is 0 Å². The molecule has 3 rings (SSSR count). The van der Waals surface area contributed by atoms with E-state index < -0.39 is 12.6 Å². The average Bonchev–Trinajstić information content (AvgIpc) is 2.57. The molecule has 1 aliphatic rings. The Balaban J connectivity index is 0.00000169. The van der Waals surface area contributed by atoms with Crippen LogP contribution in [-0.2, 0) is 0 Å². The van der Waals surface area contributed by atoms with Gasteiger partial charge in [0.15, 0.2) is 0 Å². The molecule has 1 atom stereocenters. The summed E-state index contributed by atoms with van der Waals surface area (Å²) in [5.41, 5.74) is 2.17. The fourth-order valence-electron chi connectivity index (χ4n) is 3.59. The van der Waals surface area contributed by atoms with Gasteiger partial charge in [-0.2, -0.15) is 13.2 Å². The first-order valence-electron chi connectivity index (χ1n) is 8.45. The smallest absolute Gasteiger partial charge is 0.314 e. The van der Waals surface area contributed by atoms with Crippen molar-refractivity contribution in [3.8, 4) is 0 Å². The molecule has 0 saturated carbocycles. The topological polar surface area (TPSA) is 15.3 Å². The molecule has 2 aromatic carbocycles. The van der Waals surface area contributed by atoms with E-state index in [1.165, 1.54) is 0 Å². The van der Waals surface area contributed by atoms with Crippen molar-refractivity contribution in [3.05, 3.63) is 47.5 Å². The molecular weight excluding hydrogens is 384 g/mol. The first-order valence-corrected chi connectivity index (χ1v) is 8.45. The zero-order valence-corrected chi connectivity index (χ0v) is 16.3. The van der Waals surface area contributed by atoms with Gasteiger partial charge in [0.2, 0.25) is 0 Å². The fourth-order valence-corrected chi connectivity index (χ4v) is 3.59. The van der Waals surface area contributed by atoms with Crippen LogP contribution in [0.3, 0.4) is 0 Å². The number of hydrogen-bond acceptors (Lipinski definition) is 2. The number of halogens is 5. The van der Waals surface area contributed by atoms with Crippen molar-refractivity contribution in [2.45, 2.75) is 32.0 Å². The summed E-state index contributed by atoms with van der Waals surface area (Å²) < 4.78 is 38.5. The molecule has 0 bridgehead atoms. The van der Waals surface area contributed by atoms with E-state index in [2.05, 4.69) is 10.2 Å². The lowest BCUT2D eigenvalue weighted by Crippen LogP contribution is -2.45. The van der Waals surface area contributed by atoms with Gasteiger partial charge in [-0.05, 0) is 35.2 Å². The molecule has 0 amide bonds. The van der Waals surface area contributed by atoms with Crippen molar-refractivity contribution < 1.29 is 13.2 Å². The van der Waals surface area contributed by atoms with Crippen LogP contribution in [0.15, 0.2) is 36.4 Å². The van der Waals surface area contributed by atoms with Gasteiger partial charge in [-0.3, -0.25) is 4.90 Å². The number of alkyl halides is 3. The molecule has 1 aliphatic heterocycles. The van der Waals surface area contributed by atoms with Crippen molar-refractivity contribution in [2.24, 2.45) is 0 Å². The molecule has 26 heavy (non-hydrogen) atoms. The van der Waals surface area contributed by atoms with Crippen LogP contribution >= 0.6 is 24.8 Å². The third-order valence-electron chi connectivity index (χ3n) is 4.83. The molecule has 1 heterocycles.